The van der Waals surface area contributed by atoms with E-state index in [4.69, 9.17) is 4.55 Å². The van der Waals surface area contributed by atoms with E-state index in [1.807, 2.05) is 0 Å². The number of carbonyl (C=O) groups excluding carboxylic acids is 1. The summed E-state index contributed by atoms with van der Waals surface area (Å²) < 4.78 is 29.0. The smallest absolute Gasteiger partial charge is 0.301 e. The van der Waals surface area contributed by atoms with Crippen LogP contribution in [0.3, 0.4) is 0 Å². The molecule has 0 spiro atoms. The second kappa shape index (κ2) is 5.39. The van der Waals surface area contributed by atoms with Crippen LogP contribution in [0.1, 0.15) is 0 Å². The number of aromatic nitrogens is 1. The molecule has 0 radical (unpaired) electrons. The zero-order valence-corrected chi connectivity index (χ0v) is 10.3. The lowest BCUT2D eigenvalue weighted by atomic mass is 10.7. The van der Waals surface area contributed by atoms with E-state index < -0.39 is 25.7 Å². The van der Waals surface area contributed by atoms with Crippen LogP contribution in [-0.4, -0.2) is 34.5 Å². The quantitative estimate of drug-likeness (QED) is 0.347. The van der Waals surface area contributed by atoms with Crippen molar-refractivity contribution in [3.05, 3.63) is 16.3 Å². The van der Waals surface area contributed by atoms with Crippen LogP contribution in [0.25, 0.3) is 0 Å². The number of rotatable bonds is 5. The Kier molecular flexibility index (Phi) is 4.39. The fraction of sp³-hybridized carbons (Fsp3) is 0.200. The summed E-state index contributed by atoms with van der Waals surface area (Å²) in [4.78, 5) is 24.3. The largest absolute Gasteiger partial charge is 0.345 e. The zero-order chi connectivity index (χ0) is 13.1. The van der Waals surface area contributed by atoms with Crippen molar-refractivity contribution >= 4 is 47.3 Å². The maximum atomic E-state index is 11.1. The van der Waals surface area contributed by atoms with Crippen molar-refractivity contribution in [1.82, 2.24) is 4.98 Å². The molecule has 94 valence electrons. The van der Waals surface area contributed by atoms with Crippen molar-refractivity contribution < 1.29 is 22.7 Å². The highest BCUT2D eigenvalue weighted by atomic mass is 33.1. The van der Waals surface area contributed by atoms with Crippen molar-refractivity contribution in [2.45, 2.75) is 0 Å². The number of thiazole rings is 1. The number of nitrogens with zero attached hydrogens (tertiary/aromatic N) is 2. The van der Waals surface area contributed by atoms with Gasteiger partial charge in [0, 0.05) is 10.8 Å². The molecule has 0 saturated heterocycles. The van der Waals surface area contributed by atoms with Gasteiger partial charge in [0.1, 0.15) is 6.20 Å². The van der Waals surface area contributed by atoms with Gasteiger partial charge in [0.05, 0.1) is 10.7 Å². The normalized spacial score (nSPS) is 11.1. The van der Waals surface area contributed by atoms with Crippen molar-refractivity contribution in [2.24, 2.45) is 0 Å². The molecule has 17 heavy (non-hydrogen) atoms. The lowest BCUT2D eigenvalue weighted by Gasteiger charge is -1.98. The minimum Gasteiger partial charge on any atom is -0.301 e. The average molecular weight is 299 g/mol. The summed E-state index contributed by atoms with van der Waals surface area (Å²) >= 11 is 0.639. The van der Waals surface area contributed by atoms with Crippen molar-refractivity contribution in [3.63, 3.8) is 0 Å². The van der Waals surface area contributed by atoms with Gasteiger partial charge in [-0.2, -0.15) is 8.42 Å². The van der Waals surface area contributed by atoms with Crippen LogP contribution in [0.15, 0.2) is 6.20 Å². The predicted molar refractivity (Wildman–Crippen MR) is 61.4 cm³/mol. The second-order valence-corrected chi connectivity index (χ2v) is 6.86. The van der Waals surface area contributed by atoms with Crippen LogP contribution in [0, 0.1) is 10.1 Å². The molecule has 9 nitrogen and oxygen atoms in total. The molecule has 1 amide bonds. The highest BCUT2D eigenvalue weighted by Crippen LogP contribution is 2.25. The van der Waals surface area contributed by atoms with Gasteiger partial charge in [0.2, 0.25) is 5.91 Å². The highest BCUT2D eigenvalue weighted by molar-refractivity contribution is 8.70. The lowest BCUT2D eigenvalue weighted by Crippen LogP contribution is -2.14. The summed E-state index contributed by atoms with van der Waals surface area (Å²) in [6, 6.07) is 0. The Hall–Kier alpha value is -1.24. The summed E-state index contributed by atoms with van der Waals surface area (Å²) in [7, 11) is -4.26. The molecular formula is C5H5N3O6S3. The number of carbonyl (C=O) groups is 1. The highest BCUT2D eigenvalue weighted by Gasteiger charge is 2.15. The maximum absolute atomic E-state index is 11.1. The van der Waals surface area contributed by atoms with Crippen LogP contribution in [0.5, 0.6) is 0 Å². The van der Waals surface area contributed by atoms with Gasteiger partial charge in [-0.25, -0.2) is 4.98 Å². The third-order valence-corrected chi connectivity index (χ3v) is 4.05. The van der Waals surface area contributed by atoms with Gasteiger partial charge < -0.3 is 5.32 Å². The van der Waals surface area contributed by atoms with Gasteiger partial charge in [-0.15, -0.1) is 0 Å². The molecule has 2 N–H and O–H groups in total. The van der Waals surface area contributed by atoms with E-state index in [9.17, 15) is 23.3 Å². The van der Waals surface area contributed by atoms with Crippen LogP contribution >= 0.6 is 22.1 Å². The minimum absolute atomic E-state index is 0.0161. The minimum atomic E-state index is -4.29. The summed E-state index contributed by atoms with van der Waals surface area (Å²) in [6.07, 6.45) is 0.968. The second-order valence-electron chi connectivity index (χ2n) is 2.50. The Morgan fingerprint density at radius 1 is 1.71 bits per heavy atom. The van der Waals surface area contributed by atoms with E-state index >= 15 is 0 Å². The van der Waals surface area contributed by atoms with E-state index in [-0.39, 0.29) is 20.9 Å². The first-order chi connectivity index (χ1) is 7.78. The SMILES string of the molecule is O=C(CSS(=O)(=O)O)Nc1ncc([N+](=O)[O-])s1. The molecule has 0 aliphatic carbocycles. The topological polar surface area (TPSA) is 140 Å². The predicted octanol–water partition coefficient (Wildman–Crippen LogP) is 0.526. The molecule has 0 unspecified atom stereocenters. The lowest BCUT2D eigenvalue weighted by molar-refractivity contribution is -0.380. The van der Waals surface area contributed by atoms with E-state index in [1.165, 1.54) is 0 Å². The van der Waals surface area contributed by atoms with Gasteiger partial charge in [-0.1, -0.05) is 0 Å². The van der Waals surface area contributed by atoms with Gasteiger partial charge in [0.25, 0.3) is 0 Å². The fourth-order valence-corrected chi connectivity index (χ4v) is 2.44. The number of nitrogens with one attached hydrogen (secondary N) is 1. The van der Waals surface area contributed by atoms with Crippen molar-refractivity contribution in [1.29, 1.82) is 0 Å². The van der Waals surface area contributed by atoms with Crippen LogP contribution in [-0.2, 0) is 13.9 Å². The first-order valence-corrected chi connectivity index (χ1v) is 7.56. The number of amides is 1. The average Bonchev–Trinajstić information content (AvgIpc) is 2.62. The van der Waals surface area contributed by atoms with Crippen molar-refractivity contribution in [3.8, 4) is 0 Å². The number of hydrogen-bond donors (Lipinski definition) is 2. The Balaban J connectivity index is 2.53. The number of nitro groups is 1. The molecule has 1 aromatic rings. The molecular weight excluding hydrogens is 294 g/mol. The van der Waals surface area contributed by atoms with Gasteiger partial charge in [0.15, 0.2) is 5.13 Å². The molecule has 0 aromatic carbocycles. The Bertz CT molecular complexity index is 537. The third kappa shape index (κ3) is 5.08. The summed E-state index contributed by atoms with van der Waals surface area (Å²) in [5.74, 6) is -1.27. The van der Waals surface area contributed by atoms with Gasteiger partial charge in [-0.3, -0.25) is 19.5 Å². The summed E-state index contributed by atoms with van der Waals surface area (Å²) in [6.45, 7) is 0. The molecule has 0 bridgehead atoms. The van der Waals surface area contributed by atoms with Crippen LogP contribution < -0.4 is 5.32 Å². The van der Waals surface area contributed by atoms with Crippen LogP contribution in [0.4, 0.5) is 10.1 Å². The molecule has 0 saturated carbocycles. The van der Waals surface area contributed by atoms with E-state index in [2.05, 4.69) is 10.3 Å². The molecule has 0 atom stereocenters. The molecule has 0 aliphatic rings. The molecule has 1 heterocycles. The Morgan fingerprint density at radius 3 is 2.82 bits per heavy atom. The zero-order valence-electron chi connectivity index (χ0n) is 7.89. The summed E-state index contributed by atoms with van der Waals surface area (Å²) in [5.41, 5.74) is 0. The van der Waals surface area contributed by atoms with E-state index in [1.54, 1.807) is 0 Å². The standard InChI is InChI=1S/C5H5N3O6S3/c9-3(2-15-17(12,13)14)7-5-6-1-4(16-5)8(10)11/h1H,2H2,(H,6,7,9)(H,12,13,14). The molecule has 0 aliphatic heterocycles. The summed E-state index contributed by atoms with van der Waals surface area (Å²) in [5, 5.41) is 12.2. The monoisotopic (exact) mass is 299 g/mol. The van der Waals surface area contributed by atoms with Gasteiger partial charge >= 0.3 is 14.2 Å². The van der Waals surface area contributed by atoms with Crippen molar-refractivity contribution in [2.75, 3.05) is 11.1 Å². The van der Waals surface area contributed by atoms with Crippen LogP contribution in [0.2, 0.25) is 0 Å². The number of hydrogen-bond acceptors (Lipinski definition) is 8. The molecule has 1 rings (SSSR count). The fourth-order valence-electron chi connectivity index (χ4n) is 0.691. The first-order valence-electron chi connectivity index (χ1n) is 3.80. The third-order valence-electron chi connectivity index (χ3n) is 1.26. The molecule has 12 heteroatoms. The Labute approximate surface area is 103 Å². The first kappa shape index (κ1) is 13.8. The maximum Gasteiger partial charge on any atom is 0.345 e. The molecule has 1 aromatic heterocycles. The number of anilines is 1. The van der Waals surface area contributed by atoms with E-state index in [0.29, 0.717) is 11.3 Å². The molecule has 0 fully saturated rings. The van der Waals surface area contributed by atoms with E-state index in [0.717, 1.165) is 6.20 Å². The Morgan fingerprint density at radius 2 is 2.35 bits per heavy atom. The van der Waals surface area contributed by atoms with Gasteiger partial charge in [-0.05, 0) is 11.3 Å².